The molecule has 0 atom stereocenters. The molecule has 0 saturated carbocycles. The van der Waals surface area contributed by atoms with Crippen LogP contribution in [0.15, 0.2) is 95.8 Å². The fourth-order valence-electron chi connectivity index (χ4n) is 4.20. The van der Waals surface area contributed by atoms with Crippen LogP contribution in [0.25, 0.3) is 49.8 Å². The Bertz CT molecular complexity index is 1440. The van der Waals surface area contributed by atoms with Crippen molar-refractivity contribution >= 4 is 27.6 Å². The molecule has 0 aliphatic carbocycles. The molecule has 3 heterocycles. The van der Waals surface area contributed by atoms with E-state index in [0.717, 1.165) is 38.5 Å². The molecule has 136 valence electrons. The summed E-state index contributed by atoms with van der Waals surface area (Å²) in [6.45, 7) is 0. The first-order chi connectivity index (χ1) is 14.3. The van der Waals surface area contributed by atoms with Gasteiger partial charge in [-0.3, -0.25) is 4.40 Å². The molecule has 4 nitrogen and oxygen atoms in total. The highest BCUT2D eigenvalue weighted by Gasteiger charge is 2.17. The van der Waals surface area contributed by atoms with Gasteiger partial charge >= 0.3 is 5.69 Å². The summed E-state index contributed by atoms with van der Waals surface area (Å²) < 4.78 is 1.99. The van der Waals surface area contributed by atoms with Crippen molar-refractivity contribution in [2.24, 2.45) is 0 Å². The predicted molar refractivity (Wildman–Crippen MR) is 116 cm³/mol. The summed E-state index contributed by atoms with van der Waals surface area (Å²) in [5.41, 5.74) is 6.37. The van der Waals surface area contributed by atoms with Gasteiger partial charge in [0.25, 0.3) is 0 Å². The fourth-order valence-corrected chi connectivity index (χ4v) is 4.20. The van der Waals surface area contributed by atoms with Crippen molar-refractivity contribution in [1.82, 2.24) is 14.4 Å². The molecule has 0 fully saturated rings. The first-order valence-corrected chi connectivity index (χ1v) is 9.49. The van der Waals surface area contributed by atoms with Gasteiger partial charge in [-0.05, 0) is 52.6 Å². The average Bonchev–Trinajstić information content (AvgIpc) is 2.78. The lowest BCUT2D eigenvalue weighted by Crippen LogP contribution is -2.14. The maximum atomic E-state index is 11.9. The second-order valence-corrected chi connectivity index (χ2v) is 7.10. The molecule has 3 aromatic carbocycles. The van der Waals surface area contributed by atoms with Crippen LogP contribution in [-0.2, 0) is 0 Å². The SMILES string of the molecule is O=c1nc2ccc3c(-c4ccccc4)cc(-c4ccccc4)c4ccc(n1)n2c34. The Hall–Kier alpha value is -4.05. The number of aromatic nitrogens is 3. The summed E-state index contributed by atoms with van der Waals surface area (Å²) in [7, 11) is 0. The molecular formula is C25H15N3O. The Labute approximate surface area is 166 Å². The third kappa shape index (κ3) is 2.36. The monoisotopic (exact) mass is 373 g/mol. The van der Waals surface area contributed by atoms with Crippen molar-refractivity contribution in [2.75, 3.05) is 0 Å². The maximum absolute atomic E-state index is 11.9. The average molecular weight is 373 g/mol. The van der Waals surface area contributed by atoms with Gasteiger partial charge in [0.2, 0.25) is 0 Å². The van der Waals surface area contributed by atoms with Gasteiger partial charge in [0, 0.05) is 10.8 Å². The first-order valence-electron chi connectivity index (χ1n) is 9.49. The summed E-state index contributed by atoms with van der Waals surface area (Å²) >= 11 is 0. The van der Waals surface area contributed by atoms with Crippen molar-refractivity contribution in [3.8, 4) is 22.3 Å². The van der Waals surface area contributed by atoms with E-state index in [1.807, 2.05) is 28.7 Å². The molecule has 0 aliphatic heterocycles. The summed E-state index contributed by atoms with van der Waals surface area (Å²) in [6, 6.07) is 30.9. The van der Waals surface area contributed by atoms with Gasteiger partial charge in [-0.25, -0.2) is 4.79 Å². The number of hydrogen-bond acceptors (Lipinski definition) is 3. The fraction of sp³-hybridized carbons (Fsp3) is 0. The highest BCUT2D eigenvalue weighted by Crippen LogP contribution is 2.39. The van der Waals surface area contributed by atoms with Crippen LogP contribution in [-0.4, -0.2) is 14.4 Å². The molecule has 0 radical (unpaired) electrons. The molecule has 6 aromatic rings. The molecule has 29 heavy (non-hydrogen) atoms. The quantitative estimate of drug-likeness (QED) is 0.394. The van der Waals surface area contributed by atoms with E-state index < -0.39 is 5.69 Å². The van der Waals surface area contributed by atoms with E-state index in [9.17, 15) is 4.79 Å². The zero-order valence-electron chi connectivity index (χ0n) is 15.4. The molecule has 0 saturated heterocycles. The molecule has 0 unspecified atom stereocenters. The predicted octanol–water partition coefficient (Wildman–Crippen LogP) is 5.17. The van der Waals surface area contributed by atoms with Crippen LogP contribution in [0, 0.1) is 0 Å². The normalized spacial score (nSPS) is 11.6. The first kappa shape index (κ1) is 16.0. The lowest BCUT2D eigenvalue weighted by atomic mass is 9.91. The van der Waals surface area contributed by atoms with Crippen molar-refractivity contribution in [1.29, 1.82) is 0 Å². The highest BCUT2D eigenvalue weighted by atomic mass is 16.1. The van der Waals surface area contributed by atoms with E-state index in [4.69, 9.17) is 0 Å². The molecule has 6 rings (SSSR count). The molecule has 0 spiro atoms. The van der Waals surface area contributed by atoms with Crippen LogP contribution in [0.4, 0.5) is 0 Å². The van der Waals surface area contributed by atoms with Gasteiger partial charge in [-0.2, -0.15) is 9.97 Å². The number of nitrogens with zero attached hydrogens (tertiary/aromatic N) is 3. The van der Waals surface area contributed by atoms with Crippen LogP contribution in [0.3, 0.4) is 0 Å². The summed E-state index contributed by atoms with van der Waals surface area (Å²) in [4.78, 5) is 20.2. The van der Waals surface area contributed by atoms with E-state index in [-0.39, 0.29) is 0 Å². The van der Waals surface area contributed by atoms with Crippen LogP contribution < -0.4 is 5.69 Å². The lowest BCUT2D eigenvalue weighted by molar-refractivity contribution is 1.04. The second-order valence-electron chi connectivity index (χ2n) is 7.10. The minimum absolute atomic E-state index is 0.463. The van der Waals surface area contributed by atoms with Gasteiger partial charge in [0.05, 0.1) is 5.52 Å². The van der Waals surface area contributed by atoms with E-state index in [2.05, 4.69) is 76.7 Å². The molecule has 3 aromatic heterocycles. The smallest absolute Gasteiger partial charge is 0.277 e. The molecule has 0 aliphatic rings. The maximum Gasteiger partial charge on any atom is 0.371 e. The van der Waals surface area contributed by atoms with Crippen LogP contribution in [0.2, 0.25) is 0 Å². The topological polar surface area (TPSA) is 47.3 Å². The minimum Gasteiger partial charge on any atom is -0.277 e. The third-order valence-corrected chi connectivity index (χ3v) is 5.45. The Morgan fingerprint density at radius 1 is 0.586 bits per heavy atom. The van der Waals surface area contributed by atoms with Crippen LogP contribution in [0.5, 0.6) is 0 Å². The number of rotatable bonds is 2. The van der Waals surface area contributed by atoms with E-state index in [1.54, 1.807) is 0 Å². The molecule has 0 bridgehead atoms. The lowest BCUT2D eigenvalue weighted by Gasteiger charge is -2.18. The largest absolute Gasteiger partial charge is 0.371 e. The van der Waals surface area contributed by atoms with Crippen molar-refractivity contribution in [3.05, 3.63) is 101 Å². The summed E-state index contributed by atoms with van der Waals surface area (Å²) in [6.07, 6.45) is 0. The number of benzene rings is 3. The van der Waals surface area contributed by atoms with Crippen molar-refractivity contribution in [3.63, 3.8) is 0 Å². The Morgan fingerprint density at radius 2 is 1.07 bits per heavy atom. The zero-order chi connectivity index (χ0) is 19.4. The Balaban J connectivity index is 1.87. The third-order valence-electron chi connectivity index (χ3n) is 5.45. The minimum atomic E-state index is -0.463. The van der Waals surface area contributed by atoms with Gasteiger partial charge in [-0.1, -0.05) is 60.7 Å². The molecule has 0 amide bonds. The Morgan fingerprint density at radius 3 is 1.55 bits per heavy atom. The molecule has 4 heteroatoms. The van der Waals surface area contributed by atoms with Gasteiger partial charge in [-0.15, -0.1) is 0 Å². The van der Waals surface area contributed by atoms with Gasteiger partial charge in [0.15, 0.2) is 0 Å². The van der Waals surface area contributed by atoms with Crippen LogP contribution >= 0.6 is 0 Å². The van der Waals surface area contributed by atoms with Crippen molar-refractivity contribution in [2.45, 2.75) is 0 Å². The van der Waals surface area contributed by atoms with Gasteiger partial charge < -0.3 is 0 Å². The Kier molecular flexibility index (Phi) is 3.29. The van der Waals surface area contributed by atoms with Gasteiger partial charge in [0.1, 0.15) is 11.3 Å². The summed E-state index contributed by atoms with van der Waals surface area (Å²) in [5.74, 6) is 0. The molecule has 0 N–H and O–H groups in total. The number of hydrogen-bond donors (Lipinski definition) is 0. The van der Waals surface area contributed by atoms with Crippen LogP contribution in [0.1, 0.15) is 0 Å². The second kappa shape index (κ2) is 5.97. The highest BCUT2D eigenvalue weighted by molar-refractivity contribution is 6.12. The van der Waals surface area contributed by atoms with Crippen molar-refractivity contribution < 1.29 is 0 Å². The standard InChI is InChI=1S/C25H15N3O/c29-25-26-22-13-11-18-20(16-7-3-1-4-8-16)15-21(17-9-5-2-6-10-17)19-12-14-23(27-25)28(22)24(18)19/h1-15H. The van der Waals surface area contributed by atoms with E-state index in [0.29, 0.717) is 11.3 Å². The summed E-state index contributed by atoms with van der Waals surface area (Å²) in [5, 5.41) is 2.22. The van der Waals surface area contributed by atoms with E-state index in [1.165, 1.54) is 0 Å². The van der Waals surface area contributed by atoms with E-state index >= 15 is 0 Å². The molecular weight excluding hydrogens is 358 g/mol. The number of pyridine rings is 2. The zero-order valence-corrected chi connectivity index (χ0v) is 15.4.